The van der Waals surface area contributed by atoms with Crippen molar-refractivity contribution in [3.8, 4) is 0 Å². The average Bonchev–Trinajstić information content (AvgIpc) is 2.24. The molecule has 0 aliphatic heterocycles. The Labute approximate surface area is 86.7 Å². The van der Waals surface area contributed by atoms with E-state index in [1.807, 2.05) is 35.3 Å². The van der Waals surface area contributed by atoms with Crippen LogP contribution in [0, 0.1) is 6.92 Å². The number of aryl methyl sites for hydroxylation is 1. The van der Waals surface area contributed by atoms with Gasteiger partial charge in [-0.05, 0) is 19.1 Å². The number of aromatic nitrogens is 2. The number of nitrogens with two attached hydrogens (primary N) is 1. The lowest BCUT2D eigenvalue weighted by molar-refractivity contribution is 1.14. The molecule has 0 unspecified atom stereocenters. The van der Waals surface area contributed by atoms with Gasteiger partial charge in [0, 0.05) is 23.5 Å². The van der Waals surface area contributed by atoms with Gasteiger partial charge in [0.15, 0.2) is 0 Å². The van der Waals surface area contributed by atoms with Gasteiger partial charge in [0.25, 0.3) is 0 Å². The minimum atomic E-state index is 0.686. The van der Waals surface area contributed by atoms with Crippen LogP contribution in [0.4, 0.5) is 0 Å². The summed E-state index contributed by atoms with van der Waals surface area (Å²) >= 11 is 1.62. The van der Waals surface area contributed by atoms with E-state index >= 15 is 0 Å². The normalized spacial score (nSPS) is 11.9. The Morgan fingerprint density at radius 3 is 2.93 bits per heavy atom. The van der Waals surface area contributed by atoms with Crippen LogP contribution in [0.1, 0.15) is 11.4 Å². The highest BCUT2D eigenvalue weighted by molar-refractivity contribution is 7.06. The van der Waals surface area contributed by atoms with Gasteiger partial charge in [0.05, 0.1) is 11.4 Å². The molecular formula is C10H11N3S. The predicted molar refractivity (Wildman–Crippen MR) is 59.6 cm³/mol. The van der Waals surface area contributed by atoms with E-state index in [4.69, 9.17) is 5.73 Å². The lowest BCUT2D eigenvalue weighted by Crippen LogP contribution is -2.02. The topological polar surface area (TPSA) is 43.8 Å². The molecule has 0 bridgehead atoms. The largest absolute Gasteiger partial charge is 0.396 e. The Hall–Kier alpha value is -1.55. The summed E-state index contributed by atoms with van der Waals surface area (Å²) in [5, 5.41) is 2.07. The second-order valence-electron chi connectivity index (χ2n) is 2.99. The van der Waals surface area contributed by atoms with Crippen molar-refractivity contribution in [3.63, 3.8) is 0 Å². The summed E-state index contributed by atoms with van der Waals surface area (Å²) in [6.45, 7) is 2.04. The van der Waals surface area contributed by atoms with Crippen molar-refractivity contribution in [3.05, 3.63) is 41.2 Å². The molecule has 0 aromatic carbocycles. The van der Waals surface area contributed by atoms with Crippen LogP contribution in [-0.4, -0.2) is 8.94 Å². The third kappa shape index (κ3) is 1.70. The van der Waals surface area contributed by atoms with Crippen LogP contribution in [0.25, 0.3) is 11.9 Å². The quantitative estimate of drug-likeness (QED) is 0.816. The molecule has 0 saturated carbocycles. The molecule has 2 aromatic rings. The van der Waals surface area contributed by atoms with Crippen LogP contribution in [-0.2, 0) is 0 Å². The molecule has 2 N–H and O–H groups in total. The number of rotatable bonds is 2. The summed E-state index contributed by atoms with van der Waals surface area (Å²) in [4.78, 5) is 4.17. The van der Waals surface area contributed by atoms with E-state index in [-0.39, 0.29) is 0 Å². The van der Waals surface area contributed by atoms with Crippen molar-refractivity contribution in [1.29, 1.82) is 0 Å². The Kier molecular flexibility index (Phi) is 2.37. The molecule has 0 saturated heterocycles. The molecule has 0 spiro atoms. The molecule has 0 atom stereocenters. The summed E-state index contributed by atoms with van der Waals surface area (Å²) in [7, 11) is 0. The molecule has 0 aliphatic rings. The summed E-state index contributed by atoms with van der Waals surface area (Å²) in [6.07, 6.45) is 3.63. The smallest absolute Gasteiger partial charge is 0.0874 e. The average molecular weight is 205 g/mol. The van der Waals surface area contributed by atoms with Gasteiger partial charge in [0.1, 0.15) is 0 Å². The molecule has 0 fully saturated rings. The fourth-order valence-corrected chi connectivity index (χ4v) is 1.69. The van der Waals surface area contributed by atoms with Gasteiger partial charge in [-0.25, -0.2) is 0 Å². The fourth-order valence-electron chi connectivity index (χ4n) is 1.08. The van der Waals surface area contributed by atoms with Crippen LogP contribution in [0.2, 0.25) is 0 Å². The van der Waals surface area contributed by atoms with E-state index in [1.54, 1.807) is 17.7 Å². The minimum absolute atomic E-state index is 0.686. The van der Waals surface area contributed by atoms with Gasteiger partial charge in [-0.3, -0.25) is 8.94 Å². The molecule has 3 nitrogen and oxygen atoms in total. The Morgan fingerprint density at radius 2 is 2.43 bits per heavy atom. The van der Waals surface area contributed by atoms with Crippen LogP contribution in [0.15, 0.2) is 29.8 Å². The zero-order valence-electron chi connectivity index (χ0n) is 7.84. The number of hydrogen-bond acceptors (Lipinski definition) is 3. The fraction of sp³-hybridized carbons (Fsp3) is 0.100. The maximum atomic E-state index is 5.88. The second-order valence-corrected chi connectivity index (χ2v) is 3.83. The maximum absolute atomic E-state index is 5.88. The number of pyridine rings is 1. The molecule has 2 aromatic heterocycles. The molecule has 72 valence electrons. The van der Waals surface area contributed by atoms with Crippen LogP contribution in [0.3, 0.4) is 0 Å². The van der Waals surface area contributed by atoms with E-state index in [0.717, 1.165) is 5.69 Å². The Bertz CT molecular complexity index is 439. The van der Waals surface area contributed by atoms with E-state index in [2.05, 4.69) is 10.4 Å². The third-order valence-corrected chi connectivity index (χ3v) is 2.97. The summed E-state index contributed by atoms with van der Waals surface area (Å²) in [6, 6.07) is 5.70. The lowest BCUT2D eigenvalue weighted by atomic mass is 10.3. The van der Waals surface area contributed by atoms with Gasteiger partial charge >= 0.3 is 0 Å². The van der Waals surface area contributed by atoms with Gasteiger partial charge in [-0.1, -0.05) is 17.6 Å². The first-order chi connectivity index (χ1) is 6.77. The van der Waals surface area contributed by atoms with Crippen LogP contribution < -0.4 is 5.73 Å². The van der Waals surface area contributed by atoms with Gasteiger partial charge < -0.3 is 5.73 Å². The Morgan fingerprint density at radius 1 is 1.57 bits per heavy atom. The van der Waals surface area contributed by atoms with E-state index < -0.39 is 0 Å². The monoisotopic (exact) mass is 205 g/mol. The number of hydrogen-bond donors (Lipinski definition) is 1. The summed E-state index contributed by atoms with van der Waals surface area (Å²) in [5.74, 6) is 0. The standard InChI is InChI=1S/C10H11N3S/c1-8-7-14-13(8)6-9(11)10-4-2-3-5-12-10/h2-7H,11H2,1H3/b9-6-. The van der Waals surface area contributed by atoms with Crippen molar-refractivity contribution < 1.29 is 0 Å². The third-order valence-electron chi connectivity index (χ3n) is 1.90. The van der Waals surface area contributed by atoms with Crippen molar-refractivity contribution in [2.75, 3.05) is 0 Å². The van der Waals surface area contributed by atoms with Crippen molar-refractivity contribution in [2.24, 2.45) is 5.73 Å². The first-order valence-electron chi connectivity index (χ1n) is 4.29. The lowest BCUT2D eigenvalue weighted by Gasteiger charge is -2.08. The molecular weight excluding hydrogens is 194 g/mol. The highest BCUT2D eigenvalue weighted by Crippen LogP contribution is 2.14. The molecule has 14 heavy (non-hydrogen) atoms. The SMILES string of the molecule is Cc1csn1/C=C(\N)c1ccccn1. The van der Waals surface area contributed by atoms with E-state index in [0.29, 0.717) is 5.70 Å². The van der Waals surface area contributed by atoms with Crippen molar-refractivity contribution >= 4 is 23.4 Å². The molecule has 0 amide bonds. The van der Waals surface area contributed by atoms with Gasteiger partial charge in [0.2, 0.25) is 0 Å². The van der Waals surface area contributed by atoms with Crippen molar-refractivity contribution in [1.82, 2.24) is 8.94 Å². The first kappa shape index (κ1) is 9.02. The minimum Gasteiger partial charge on any atom is -0.396 e. The van der Waals surface area contributed by atoms with E-state index in [1.165, 1.54) is 5.69 Å². The summed E-state index contributed by atoms with van der Waals surface area (Å²) in [5.41, 5.74) is 8.59. The second kappa shape index (κ2) is 3.67. The zero-order chi connectivity index (χ0) is 9.97. The highest BCUT2D eigenvalue weighted by atomic mass is 32.1. The molecule has 2 heterocycles. The maximum Gasteiger partial charge on any atom is 0.0874 e. The molecule has 0 aliphatic carbocycles. The molecule has 2 rings (SSSR count). The molecule has 4 heteroatoms. The van der Waals surface area contributed by atoms with Gasteiger partial charge in [-0.15, -0.1) is 0 Å². The summed E-state index contributed by atoms with van der Waals surface area (Å²) < 4.78 is 2.02. The highest BCUT2D eigenvalue weighted by Gasteiger charge is 1.99. The van der Waals surface area contributed by atoms with Crippen LogP contribution >= 0.6 is 11.5 Å². The van der Waals surface area contributed by atoms with Crippen LogP contribution in [0.5, 0.6) is 0 Å². The number of nitrogens with zero attached hydrogens (tertiary/aromatic N) is 2. The van der Waals surface area contributed by atoms with Gasteiger partial charge in [-0.2, -0.15) is 0 Å². The van der Waals surface area contributed by atoms with E-state index in [9.17, 15) is 0 Å². The Balaban J connectivity index is 2.27. The van der Waals surface area contributed by atoms with Crippen molar-refractivity contribution in [2.45, 2.75) is 6.92 Å². The molecule has 0 radical (unpaired) electrons. The zero-order valence-corrected chi connectivity index (χ0v) is 8.66. The predicted octanol–water partition coefficient (Wildman–Crippen LogP) is 2.17. The first-order valence-corrected chi connectivity index (χ1v) is 5.12.